The summed E-state index contributed by atoms with van der Waals surface area (Å²) in [4.78, 5) is 4.30. The first-order valence-corrected chi connectivity index (χ1v) is 7.57. The van der Waals surface area contributed by atoms with E-state index in [1.165, 1.54) is 12.1 Å². The molecule has 1 aromatic carbocycles. The standard InChI is InChI=1S/C16H18F3N3O/c1-15(20)8-3-2-7-12(15)14-21-13(22-23-14)10-5-4-6-11(9-10)16(17,18)19/h4-6,9,12H,2-3,7-8,20H2,1H3. The summed E-state index contributed by atoms with van der Waals surface area (Å²) >= 11 is 0. The highest BCUT2D eigenvalue weighted by Gasteiger charge is 2.38. The number of nitrogens with two attached hydrogens (primary N) is 1. The van der Waals surface area contributed by atoms with Gasteiger partial charge in [-0.3, -0.25) is 0 Å². The molecule has 2 unspecified atom stereocenters. The molecule has 1 aromatic heterocycles. The molecule has 2 aromatic rings. The first-order valence-electron chi connectivity index (χ1n) is 7.57. The Balaban J connectivity index is 1.90. The molecule has 0 amide bonds. The molecule has 3 rings (SSSR count). The zero-order valence-corrected chi connectivity index (χ0v) is 12.7. The third-order valence-corrected chi connectivity index (χ3v) is 4.44. The lowest BCUT2D eigenvalue weighted by molar-refractivity contribution is -0.137. The fraction of sp³-hybridized carbons (Fsp3) is 0.500. The lowest BCUT2D eigenvalue weighted by atomic mass is 9.74. The van der Waals surface area contributed by atoms with Crippen molar-refractivity contribution in [3.05, 3.63) is 35.7 Å². The topological polar surface area (TPSA) is 64.9 Å². The maximum Gasteiger partial charge on any atom is 0.416 e. The summed E-state index contributed by atoms with van der Waals surface area (Å²) in [5.41, 5.74) is 5.42. The van der Waals surface area contributed by atoms with Gasteiger partial charge in [0.15, 0.2) is 0 Å². The summed E-state index contributed by atoms with van der Waals surface area (Å²) in [6.07, 6.45) is -0.616. The van der Waals surface area contributed by atoms with Crippen molar-refractivity contribution in [1.82, 2.24) is 10.1 Å². The molecule has 2 N–H and O–H groups in total. The Labute approximate surface area is 131 Å². The molecular formula is C16H18F3N3O. The lowest BCUT2D eigenvalue weighted by Crippen LogP contribution is -2.44. The van der Waals surface area contributed by atoms with Crippen LogP contribution >= 0.6 is 0 Å². The van der Waals surface area contributed by atoms with Gasteiger partial charge in [0.25, 0.3) is 0 Å². The maximum atomic E-state index is 12.8. The van der Waals surface area contributed by atoms with E-state index in [0.29, 0.717) is 5.89 Å². The molecule has 124 valence electrons. The van der Waals surface area contributed by atoms with Crippen molar-refractivity contribution in [3.8, 4) is 11.4 Å². The Morgan fingerprint density at radius 2 is 2.09 bits per heavy atom. The normalized spacial score (nSPS) is 25.5. The summed E-state index contributed by atoms with van der Waals surface area (Å²) in [5.74, 6) is 0.498. The van der Waals surface area contributed by atoms with Gasteiger partial charge in [0.05, 0.1) is 11.5 Å². The van der Waals surface area contributed by atoms with Gasteiger partial charge in [-0.25, -0.2) is 0 Å². The molecule has 23 heavy (non-hydrogen) atoms. The van der Waals surface area contributed by atoms with Gasteiger partial charge in [0.1, 0.15) is 0 Å². The Kier molecular flexibility index (Phi) is 3.91. The van der Waals surface area contributed by atoms with Gasteiger partial charge in [0, 0.05) is 11.1 Å². The molecule has 1 heterocycles. The van der Waals surface area contributed by atoms with Crippen LogP contribution in [-0.2, 0) is 6.18 Å². The van der Waals surface area contributed by atoms with Crippen molar-refractivity contribution in [3.63, 3.8) is 0 Å². The average molecular weight is 325 g/mol. The van der Waals surface area contributed by atoms with Crippen LogP contribution in [0.1, 0.15) is 50.0 Å². The number of hydrogen-bond donors (Lipinski definition) is 1. The van der Waals surface area contributed by atoms with E-state index in [-0.39, 0.29) is 17.3 Å². The van der Waals surface area contributed by atoms with Gasteiger partial charge in [-0.1, -0.05) is 30.1 Å². The number of hydrogen-bond acceptors (Lipinski definition) is 4. The zero-order valence-electron chi connectivity index (χ0n) is 12.7. The molecule has 1 saturated carbocycles. The van der Waals surface area contributed by atoms with Gasteiger partial charge >= 0.3 is 6.18 Å². The number of benzene rings is 1. The molecule has 2 atom stereocenters. The molecule has 0 radical (unpaired) electrons. The second-order valence-corrected chi connectivity index (χ2v) is 6.34. The average Bonchev–Trinajstić information content (AvgIpc) is 2.95. The van der Waals surface area contributed by atoms with Crippen LogP contribution in [0.2, 0.25) is 0 Å². The molecule has 7 heteroatoms. The number of rotatable bonds is 2. The van der Waals surface area contributed by atoms with Crippen molar-refractivity contribution in [2.45, 2.75) is 50.2 Å². The van der Waals surface area contributed by atoms with E-state index in [1.807, 2.05) is 6.92 Å². The second kappa shape index (κ2) is 5.63. The van der Waals surface area contributed by atoms with Crippen LogP contribution < -0.4 is 5.73 Å². The highest BCUT2D eigenvalue weighted by Crippen LogP contribution is 2.39. The quantitative estimate of drug-likeness (QED) is 0.901. The molecular weight excluding hydrogens is 307 g/mol. The van der Waals surface area contributed by atoms with Crippen molar-refractivity contribution in [2.24, 2.45) is 5.73 Å². The molecule has 1 aliphatic carbocycles. The summed E-state index contributed by atoms with van der Waals surface area (Å²) in [6.45, 7) is 1.95. The lowest BCUT2D eigenvalue weighted by Gasteiger charge is -2.35. The highest BCUT2D eigenvalue weighted by molar-refractivity contribution is 5.55. The number of aromatic nitrogens is 2. The second-order valence-electron chi connectivity index (χ2n) is 6.34. The van der Waals surface area contributed by atoms with Crippen LogP contribution in [0, 0.1) is 0 Å². The van der Waals surface area contributed by atoms with E-state index in [2.05, 4.69) is 10.1 Å². The van der Waals surface area contributed by atoms with Crippen LogP contribution in [0.5, 0.6) is 0 Å². The molecule has 1 fully saturated rings. The fourth-order valence-electron chi connectivity index (χ4n) is 3.09. The first kappa shape index (κ1) is 16.0. The predicted molar refractivity (Wildman–Crippen MR) is 78.5 cm³/mol. The molecule has 1 aliphatic rings. The smallest absolute Gasteiger partial charge is 0.339 e. The van der Waals surface area contributed by atoms with E-state index < -0.39 is 17.3 Å². The van der Waals surface area contributed by atoms with E-state index in [4.69, 9.17) is 10.3 Å². The van der Waals surface area contributed by atoms with Crippen molar-refractivity contribution < 1.29 is 17.7 Å². The van der Waals surface area contributed by atoms with Gasteiger partial charge < -0.3 is 10.3 Å². The summed E-state index contributed by atoms with van der Waals surface area (Å²) in [5, 5.41) is 3.84. The summed E-state index contributed by atoms with van der Waals surface area (Å²) in [6, 6.07) is 4.91. The van der Waals surface area contributed by atoms with Crippen LogP contribution in [0.15, 0.2) is 28.8 Å². The number of nitrogens with zero attached hydrogens (tertiary/aromatic N) is 2. The van der Waals surface area contributed by atoms with E-state index in [1.54, 1.807) is 0 Å². The highest BCUT2D eigenvalue weighted by atomic mass is 19.4. The van der Waals surface area contributed by atoms with Crippen LogP contribution in [0.4, 0.5) is 13.2 Å². The predicted octanol–water partition coefficient (Wildman–Crippen LogP) is 4.13. The Hall–Kier alpha value is -1.89. The molecule has 0 saturated heterocycles. The minimum atomic E-state index is -4.40. The van der Waals surface area contributed by atoms with Gasteiger partial charge in [-0.15, -0.1) is 0 Å². The third-order valence-electron chi connectivity index (χ3n) is 4.44. The van der Waals surface area contributed by atoms with Crippen molar-refractivity contribution in [1.29, 1.82) is 0 Å². The van der Waals surface area contributed by atoms with E-state index in [0.717, 1.165) is 37.8 Å². The number of alkyl halides is 3. The van der Waals surface area contributed by atoms with Crippen molar-refractivity contribution in [2.75, 3.05) is 0 Å². The largest absolute Gasteiger partial charge is 0.416 e. The van der Waals surface area contributed by atoms with E-state index in [9.17, 15) is 13.2 Å². The Bertz CT molecular complexity index is 694. The zero-order chi connectivity index (χ0) is 16.7. The monoisotopic (exact) mass is 325 g/mol. The fourth-order valence-corrected chi connectivity index (χ4v) is 3.09. The molecule has 0 bridgehead atoms. The van der Waals surface area contributed by atoms with Crippen LogP contribution in [-0.4, -0.2) is 15.7 Å². The Morgan fingerprint density at radius 3 is 2.78 bits per heavy atom. The minimum absolute atomic E-state index is 0.0664. The molecule has 4 nitrogen and oxygen atoms in total. The Morgan fingerprint density at radius 1 is 1.30 bits per heavy atom. The molecule has 0 spiro atoms. The SMILES string of the molecule is CC1(N)CCCCC1c1nc(-c2cccc(C(F)(F)F)c2)no1. The van der Waals surface area contributed by atoms with Crippen LogP contribution in [0.25, 0.3) is 11.4 Å². The third kappa shape index (κ3) is 3.24. The van der Waals surface area contributed by atoms with Crippen molar-refractivity contribution >= 4 is 0 Å². The van der Waals surface area contributed by atoms with Gasteiger partial charge in [-0.2, -0.15) is 18.2 Å². The maximum absolute atomic E-state index is 12.8. The molecule has 0 aliphatic heterocycles. The minimum Gasteiger partial charge on any atom is -0.339 e. The van der Waals surface area contributed by atoms with Crippen LogP contribution in [0.3, 0.4) is 0 Å². The van der Waals surface area contributed by atoms with Gasteiger partial charge in [-0.05, 0) is 31.9 Å². The van der Waals surface area contributed by atoms with Gasteiger partial charge in [0.2, 0.25) is 11.7 Å². The number of halogens is 3. The summed E-state index contributed by atoms with van der Waals surface area (Å²) in [7, 11) is 0. The first-order chi connectivity index (χ1) is 10.8. The summed E-state index contributed by atoms with van der Waals surface area (Å²) < 4.78 is 43.7. The van der Waals surface area contributed by atoms with E-state index >= 15 is 0 Å².